The van der Waals surface area contributed by atoms with Crippen molar-refractivity contribution in [2.24, 2.45) is 0 Å². The van der Waals surface area contributed by atoms with Gasteiger partial charge in [0.1, 0.15) is 18.2 Å². The summed E-state index contributed by atoms with van der Waals surface area (Å²) in [5.41, 5.74) is 2.62. The van der Waals surface area contributed by atoms with E-state index in [2.05, 4.69) is 15.5 Å². The molecule has 8 nitrogen and oxygen atoms in total. The van der Waals surface area contributed by atoms with Crippen LogP contribution in [0.4, 0.5) is 14.5 Å². The first-order chi connectivity index (χ1) is 15.4. The van der Waals surface area contributed by atoms with Gasteiger partial charge >= 0.3 is 0 Å². The Balaban J connectivity index is 1.34. The maximum absolute atomic E-state index is 13.6. The Morgan fingerprint density at radius 3 is 2.78 bits per heavy atom. The zero-order chi connectivity index (χ0) is 22.7. The number of hydrogen-bond acceptors (Lipinski definition) is 5. The first-order valence-corrected chi connectivity index (χ1v) is 9.94. The zero-order valence-corrected chi connectivity index (χ0v) is 17.5. The first-order valence-electron chi connectivity index (χ1n) is 9.94. The van der Waals surface area contributed by atoms with Crippen LogP contribution in [0.15, 0.2) is 53.3 Å². The van der Waals surface area contributed by atoms with Crippen LogP contribution >= 0.6 is 0 Å². The average molecular weight is 441 g/mol. The van der Waals surface area contributed by atoms with Gasteiger partial charge in [0.05, 0.1) is 24.6 Å². The van der Waals surface area contributed by atoms with E-state index in [0.717, 1.165) is 29.9 Å². The summed E-state index contributed by atoms with van der Waals surface area (Å²) in [4.78, 5) is 12.5. The van der Waals surface area contributed by atoms with E-state index in [4.69, 9.17) is 9.15 Å². The molecule has 0 aliphatic rings. The van der Waals surface area contributed by atoms with Crippen LogP contribution in [0.3, 0.4) is 0 Å². The highest BCUT2D eigenvalue weighted by Gasteiger charge is 2.14. The molecule has 0 aliphatic heterocycles. The number of aromatic nitrogens is 4. The van der Waals surface area contributed by atoms with Gasteiger partial charge in [-0.15, -0.1) is 0 Å². The number of nitrogens with one attached hydrogen (secondary N) is 1. The summed E-state index contributed by atoms with van der Waals surface area (Å²) < 4.78 is 41.0. The van der Waals surface area contributed by atoms with Crippen LogP contribution in [0.2, 0.25) is 0 Å². The third-order valence-electron chi connectivity index (χ3n) is 4.88. The van der Waals surface area contributed by atoms with E-state index in [1.807, 2.05) is 24.7 Å². The van der Waals surface area contributed by atoms with Crippen molar-refractivity contribution < 1.29 is 22.7 Å². The highest BCUT2D eigenvalue weighted by molar-refractivity contribution is 6.02. The van der Waals surface area contributed by atoms with Gasteiger partial charge in [-0.05, 0) is 38.1 Å². The van der Waals surface area contributed by atoms with Gasteiger partial charge in [-0.1, -0.05) is 0 Å². The highest BCUT2D eigenvalue weighted by Crippen LogP contribution is 2.20. The monoisotopic (exact) mass is 441 g/mol. The van der Waals surface area contributed by atoms with Gasteiger partial charge < -0.3 is 14.5 Å². The second kappa shape index (κ2) is 9.04. The molecule has 32 heavy (non-hydrogen) atoms. The van der Waals surface area contributed by atoms with E-state index < -0.39 is 17.5 Å². The number of nitrogens with zero attached hydrogens (tertiary/aromatic N) is 4. The smallest absolute Gasteiger partial charge is 0.291 e. The fraction of sp³-hybridized carbons (Fsp3) is 0.227. The van der Waals surface area contributed by atoms with Gasteiger partial charge in [-0.2, -0.15) is 10.2 Å². The third-order valence-corrected chi connectivity index (χ3v) is 4.88. The largest absolute Gasteiger partial charge is 0.483 e. The van der Waals surface area contributed by atoms with Gasteiger partial charge in [0.25, 0.3) is 5.91 Å². The average Bonchev–Trinajstić information content (AvgIpc) is 3.49. The maximum Gasteiger partial charge on any atom is 0.291 e. The summed E-state index contributed by atoms with van der Waals surface area (Å²) in [6.07, 6.45) is 5.07. The molecule has 1 amide bonds. The standard InChI is InChI=1S/C22H21F2N5O3/c1-3-29-14(2)15(9-26-29)11-28-12-17(10-25-28)27-22(30)21-7-5-18(32-21)13-31-20-6-4-16(23)8-19(20)24/h4-10,12H,3,11,13H2,1-2H3,(H,27,30). The zero-order valence-electron chi connectivity index (χ0n) is 17.5. The van der Waals surface area contributed by atoms with Crippen molar-refractivity contribution in [3.63, 3.8) is 0 Å². The Kier molecular flexibility index (Phi) is 6.02. The van der Waals surface area contributed by atoms with Gasteiger partial charge in [0.2, 0.25) is 0 Å². The lowest BCUT2D eigenvalue weighted by molar-refractivity contribution is 0.0992. The van der Waals surface area contributed by atoms with Crippen LogP contribution in [0, 0.1) is 18.6 Å². The quantitative estimate of drug-likeness (QED) is 0.444. The van der Waals surface area contributed by atoms with Crippen LogP contribution in [-0.2, 0) is 19.7 Å². The SMILES string of the molecule is CCn1ncc(Cn2cc(NC(=O)c3ccc(COc4ccc(F)cc4F)o3)cn2)c1C. The van der Waals surface area contributed by atoms with Crippen molar-refractivity contribution in [1.82, 2.24) is 19.6 Å². The van der Waals surface area contributed by atoms with Crippen LogP contribution in [-0.4, -0.2) is 25.5 Å². The third kappa shape index (κ3) is 4.69. The number of benzene rings is 1. The Bertz CT molecular complexity index is 1240. The van der Waals surface area contributed by atoms with Gasteiger partial charge in [0.15, 0.2) is 17.3 Å². The van der Waals surface area contributed by atoms with Crippen molar-refractivity contribution in [1.29, 1.82) is 0 Å². The van der Waals surface area contributed by atoms with Gasteiger partial charge in [-0.3, -0.25) is 14.2 Å². The number of halogens is 2. The molecule has 10 heteroatoms. The molecule has 0 radical (unpaired) electrons. The maximum atomic E-state index is 13.6. The first kappa shape index (κ1) is 21.3. The number of anilines is 1. The Morgan fingerprint density at radius 1 is 1.19 bits per heavy atom. The topological polar surface area (TPSA) is 87.1 Å². The molecule has 3 aromatic heterocycles. The number of carbonyl (C=O) groups is 1. The van der Waals surface area contributed by atoms with Crippen molar-refractivity contribution in [3.05, 3.63) is 83.3 Å². The normalized spacial score (nSPS) is 11.0. The van der Waals surface area contributed by atoms with E-state index >= 15 is 0 Å². The highest BCUT2D eigenvalue weighted by atomic mass is 19.1. The summed E-state index contributed by atoms with van der Waals surface area (Å²) in [6, 6.07) is 6.05. The number of ether oxygens (including phenoxy) is 1. The van der Waals surface area contributed by atoms with E-state index in [0.29, 0.717) is 18.0 Å². The van der Waals surface area contributed by atoms with E-state index in [1.165, 1.54) is 12.1 Å². The van der Waals surface area contributed by atoms with Crippen molar-refractivity contribution in [2.45, 2.75) is 33.5 Å². The van der Waals surface area contributed by atoms with Crippen LogP contribution in [0.25, 0.3) is 0 Å². The van der Waals surface area contributed by atoms with Gasteiger partial charge in [0, 0.05) is 30.1 Å². The molecule has 3 heterocycles. The molecular weight excluding hydrogens is 420 g/mol. The number of hydrogen-bond donors (Lipinski definition) is 1. The number of furan rings is 1. The molecule has 0 bridgehead atoms. The summed E-state index contributed by atoms with van der Waals surface area (Å²) in [5.74, 6) is -1.70. The second-order valence-electron chi connectivity index (χ2n) is 7.08. The predicted octanol–water partition coefficient (Wildman–Crippen LogP) is 4.16. The van der Waals surface area contributed by atoms with Crippen molar-refractivity contribution in [3.8, 4) is 5.75 Å². The molecule has 1 aromatic carbocycles. The van der Waals surface area contributed by atoms with Crippen molar-refractivity contribution >= 4 is 11.6 Å². The molecule has 0 spiro atoms. The molecule has 0 atom stereocenters. The molecule has 166 valence electrons. The summed E-state index contributed by atoms with van der Waals surface area (Å²) >= 11 is 0. The van der Waals surface area contributed by atoms with E-state index in [-0.39, 0.29) is 18.1 Å². The molecule has 0 fully saturated rings. The minimum absolute atomic E-state index is 0.0657. The summed E-state index contributed by atoms with van der Waals surface area (Å²) in [5, 5.41) is 11.3. The number of amides is 1. The summed E-state index contributed by atoms with van der Waals surface area (Å²) in [6.45, 7) is 5.24. The van der Waals surface area contributed by atoms with Gasteiger partial charge in [-0.25, -0.2) is 8.78 Å². The Hall–Kier alpha value is -3.95. The van der Waals surface area contributed by atoms with E-state index in [9.17, 15) is 13.6 Å². The molecule has 1 N–H and O–H groups in total. The molecule has 0 aliphatic carbocycles. The molecule has 0 saturated heterocycles. The van der Waals surface area contributed by atoms with Crippen LogP contribution in [0.1, 0.15) is 34.5 Å². The molecular formula is C22H21F2N5O3. The lowest BCUT2D eigenvalue weighted by Gasteiger charge is -2.05. The second-order valence-corrected chi connectivity index (χ2v) is 7.08. The Labute approximate surface area is 182 Å². The van der Waals surface area contributed by atoms with Crippen LogP contribution < -0.4 is 10.1 Å². The fourth-order valence-electron chi connectivity index (χ4n) is 3.16. The number of rotatable bonds is 8. The predicted molar refractivity (Wildman–Crippen MR) is 111 cm³/mol. The number of carbonyl (C=O) groups excluding carboxylic acids is 1. The minimum Gasteiger partial charge on any atom is -0.483 e. The summed E-state index contributed by atoms with van der Waals surface area (Å²) in [7, 11) is 0. The number of aryl methyl sites for hydroxylation is 1. The fourth-order valence-corrected chi connectivity index (χ4v) is 3.16. The lowest BCUT2D eigenvalue weighted by atomic mass is 10.2. The Morgan fingerprint density at radius 2 is 2.03 bits per heavy atom. The molecule has 4 rings (SSSR count). The lowest BCUT2D eigenvalue weighted by Crippen LogP contribution is -2.10. The van der Waals surface area contributed by atoms with Crippen molar-refractivity contribution in [2.75, 3.05) is 5.32 Å². The van der Waals surface area contributed by atoms with E-state index in [1.54, 1.807) is 23.1 Å². The molecule has 0 unspecified atom stereocenters. The van der Waals surface area contributed by atoms with Crippen LogP contribution in [0.5, 0.6) is 5.75 Å². The molecule has 4 aromatic rings. The minimum atomic E-state index is -0.816. The molecule has 0 saturated carbocycles.